The van der Waals surface area contributed by atoms with Crippen molar-refractivity contribution in [2.75, 3.05) is 4.72 Å². The molecule has 2 rings (SSSR count). The molecular weight excluding hydrogens is 490 g/mol. The first-order valence-corrected chi connectivity index (χ1v) is 9.57. The highest BCUT2D eigenvalue weighted by Crippen LogP contribution is 2.30. The Hall–Kier alpha value is -0.410. The van der Waals surface area contributed by atoms with Crippen molar-refractivity contribution in [3.05, 3.63) is 55.4 Å². The fraction of sp³-hybridized carbons (Fsp3) is 0.0769. The van der Waals surface area contributed by atoms with E-state index in [-0.39, 0.29) is 11.5 Å². The Kier molecular flexibility index (Phi) is 5.48. The van der Waals surface area contributed by atoms with Gasteiger partial charge in [-0.1, -0.05) is 22.0 Å². The number of rotatable bonds is 4. The number of hydrogen-bond donors (Lipinski definition) is 2. The molecule has 2 aromatic rings. The van der Waals surface area contributed by atoms with E-state index in [0.29, 0.717) is 20.2 Å². The Balaban J connectivity index is 2.38. The summed E-state index contributed by atoms with van der Waals surface area (Å²) in [6, 6.07) is 9.74. The summed E-state index contributed by atoms with van der Waals surface area (Å²) in [7, 11) is -3.73. The van der Waals surface area contributed by atoms with E-state index in [4.69, 9.17) is 5.11 Å². The fourth-order valence-electron chi connectivity index (χ4n) is 1.63. The highest BCUT2D eigenvalue weighted by atomic mass is 79.9. The number of hydrogen-bond acceptors (Lipinski definition) is 3. The van der Waals surface area contributed by atoms with E-state index in [2.05, 4.69) is 52.5 Å². The predicted octanol–water partition coefficient (Wildman–Crippen LogP) is 4.27. The van der Waals surface area contributed by atoms with Crippen molar-refractivity contribution < 1.29 is 13.5 Å². The minimum absolute atomic E-state index is 0.106. The maximum Gasteiger partial charge on any atom is 0.263 e. The monoisotopic (exact) mass is 497 g/mol. The molecule has 0 saturated carbocycles. The van der Waals surface area contributed by atoms with Gasteiger partial charge in [-0.3, -0.25) is 4.72 Å². The van der Waals surface area contributed by atoms with Gasteiger partial charge >= 0.3 is 0 Å². The molecule has 0 radical (unpaired) electrons. The van der Waals surface area contributed by atoms with Crippen LogP contribution < -0.4 is 4.72 Å². The van der Waals surface area contributed by atoms with Crippen LogP contribution in [0.25, 0.3) is 0 Å². The number of anilines is 1. The second-order valence-electron chi connectivity index (χ2n) is 4.15. The SMILES string of the molecule is O=S(=O)(Nc1ccc(Br)cc1Br)c1ccc(CO)cc1Br. The molecule has 0 unspecified atom stereocenters. The quantitative estimate of drug-likeness (QED) is 0.660. The first-order valence-electron chi connectivity index (χ1n) is 5.70. The average Bonchev–Trinajstić information content (AvgIpc) is 2.41. The van der Waals surface area contributed by atoms with Crippen molar-refractivity contribution in [1.29, 1.82) is 0 Å². The summed E-state index contributed by atoms with van der Waals surface area (Å²) < 4.78 is 29.2. The number of sulfonamides is 1. The highest BCUT2D eigenvalue weighted by Gasteiger charge is 2.19. The van der Waals surface area contributed by atoms with Crippen LogP contribution in [0.5, 0.6) is 0 Å². The Morgan fingerprint density at radius 3 is 2.29 bits per heavy atom. The van der Waals surface area contributed by atoms with Crippen molar-refractivity contribution >= 4 is 63.5 Å². The Morgan fingerprint density at radius 1 is 1.00 bits per heavy atom. The summed E-state index contributed by atoms with van der Waals surface area (Å²) in [6.45, 7) is -0.148. The second kappa shape index (κ2) is 6.78. The fourth-order valence-corrected chi connectivity index (χ4v) is 5.12. The molecule has 0 bridgehead atoms. The molecular formula is C13H10Br3NO3S. The lowest BCUT2D eigenvalue weighted by molar-refractivity contribution is 0.281. The molecule has 4 nitrogen and oxygen atoms in total. The van der Waals surface area contributed by atoms with Gasteiger partial charge in [0, 0.05) is 13.4 Å². The molecule has 2 aromatic carbocycles. The summed E-state index contributed by atoms with van der Waals surface area (Å²) >= 11 is 9.84. The van der Waals surface area contributed by atoms with E-state index in [1.54, 1.807) is 30.3 Å². The van der Waals surface area contributed by atoms with Gasteiger partial charge in [0.2, 0.25) is 0 Å². The van der Waals surface area contributed by atoms with Gasteiger partial charge in [-0.15, -0.1) is 0 Å². The van der Waals surface area contributed by atoms with Crippen molar-refractivity contribution in [3.8, 4) is 0 Å². The van der Waals surface area contributed by atoms with Crippen LogP contribution in [0.2, 0.25) is 0 Å². The van der Waals surface area contributed by atoms with Crippen molar-refractivity contribution in [2.24, 2.45) is 0 Å². The molecule has 0 heterocycles. The Morgan fingerprint density at radius 2 is 1.71 bits per heavy atom. The zero-order valence-electron chi connectivity index (χ0n) is 10.5. The van der Waals surface area contributed by atoms with Gasteiger partial charge in [0.05, 0.1) is 12.3 Å². The first kappa shape index (κ1) is 17.0. The third-order valence-electron chi connectivity index (χ3n) is 2.64. The number of nitrogens with one attached hydrogen (secondary N) is 1. The molecule has 0 fully saturated rings. The maximum atomic E-state index is 12.4. The summed E-state index contributed by atoms with van der Waals surface area (Å²) in [5, 5.41) is 9.06. The number of benzene rings is 2. The van der Waals surface area contributed by atoms with Gasteiger partial charge in [-0.25, -0.2) is 8.42 Å². The standard InChI is InChI=1S/C13H10Br3NO3S/c14-9-2-3-12(10(15)6-9)17-21(19,20)13-4-1-8(7-18)5-11(13)16/h1-6,17-18H,7H2. The topological polar surface area (TPSA) is 66.4 Å². The van der Waals surface area contributed by atoms with Crippen LogP contribution in [0.15, 0.2) is 54.7 Å². The molecule has 21 heavy (non-hydrogen) atoms. The highest BCUT2D eigenvalue weighted by molar-refractivity contribution is 9.11. The van der Waals surface area contributed by atoms with E-state index in [1.807, 2.05) is 0 Å². The van der Waals surface area contributed by atoms with E-state index in [0.717, 1.165) is 4.47 Å². The number of halogens is 3. The van der Waals surface area contributed by atoms with Gasteiger partial charge in [-0.05, 0) is 67.8 Å². The third-order valence-corrected chi connectivity index (χ3v) is 6.14. The molecule has 8 heteroatoms. The van der Waals surface area contributed by atoms with Crippen LogP contribution in [0.1, 0.15) is 5.56 Å². The molecule has 0 aliphatic carbocycles. The van der Waals surface area contributed by atoms with E-state index >= 15 is 0 Å². The van der Waals surface area contributed by atoms with Gasteiger partial charge in [0.1, 0.15) is 4.90 Å². The molecule has 0 aromatic heterocycles. The molecule has 0 saturated heterocycles. The van der Waals surface area contributed by atoms with Crippen LogP contribution >= 0.6 is 47.8 Å². The van der Waals surface area contributed by atoms with Crippen LogP contribution in [0, 0.1) is 0 Å². The van der Waals surface area contributed by atoms with Gasteiger partial charge in [0.25, 0.3) is 10.0 Å². The van der Waals surface area contributed by atoms with Gasteiger partial charge in [-0.2, -0.15) is 0 Å². The molecule has 2 N–H and O–H groups in total. The predicted molar refractivity (Wildman–Crippen MR) is 92.7 cm³/mol. The second-order valence-corrected chi connectivity index (χ2v) is 8.43. The maximum absolute atomic E-state index is 12.4. The Labute approximate surface area is 148 Å². The molecule has 112 valence electrons. The van der Waals surface area contributed by atoms with Crippen LogP contribution in [0.4, 0.5) is 5.69 Å². The lowest BCUT2D eigenvalue weighted by Gasteiger charge is -2.12. The van der Waals surface area contributed by atoms with E-state index in [1.165, 1.54) is 6.07 Å². The molecule has 0 aliphatic heterocycles. The smallest absolute Gasteiger partial charge is 0.263 e. The van der Waals surface area contributed by atoms with Crippen LogP contribution in [-0.4, -0.2) is 13.5 Å². The van der Waals surface area contributed by atoms with Gasteiger partial charge in [0.15, 0.2) is 0 Å². The van der Waals surface area contributed by atoms with Crippen LogP contribution in [-0.2, 0) is 16.6 Å². The summed E-state index contributed by atoms with van der Waals surface area (Å²) in [5.41, 5.74) is 1.07. The molecule has 0 spiro atoms. The molecule has 0 amide bonds. The lowest BCUT2D eigenvalue weighted by Crippen LogP contribution is -2.14. The summed E-state index contributed by atoms with van der Waals surface area (Å²) in [5.74, 6) is 0. The normalized spacial score (nSPS) is 11.4. The van der Waals surface area contributed by atoms with Crippen molar-refractivity contribution in [2.45, 2.75) is 11.5 Å². The summed E-state index contributed by atoms with van der Waals surface area (Å²) in [4.78, 5) is 0.106. The molecule has 0 aliphatic rings. The number of aliphatic hydroxyl groups excluding tert-OH is 1. The number of aliphatic hydroxyl groups is 1. The van der Waals surface area contributed by atoms with E-state index in [9.17, 15) is 8.42 Å². The largest absolute Gasteiger partial charge is 0.392 e. The minimum Gasteiger partial charge on any atom is -0.392 e. The summed E-state index contributed by atoms with van der Waals surface area (Å²) in [6.07, 6.45) is 0. The zero-order valence-corrected chi connectivity index (χ0v) is 16.1. The minimum atomic E-state index is -3.73. The Bertz CT molecular complexity index is 778. The van der Waals surface area contributed by atoms with Crippen LogP contribution in [0.3, 0.4) is 0 Å². The average molecular weight is 500 g/mol. The van der Waals surface area contributed by atoms with Crippen molar-refractivity contribution in [3.63, 3.8) is 0 Å². The van der Waals surface area contributed by atoms with Crippen molar-refractivity contribution in [1.82, 2.24) is 0 Å². The lowest BCUT2D eigenvalue weighted by atomic mass is 10.2. The first-order chi connectivity index (χ1) is 9.83. The molecule has 0 atom stereocenters. The zero-order chi connectivity index (χ0) is 15.6. The third kappa shape index (κ3) is 4.07. The van der Waals surface area contributed by atoms with E-state index < -0.39 is 10.0 Å². The van der Waals surface area contributed by atoms with Gasteiger partial charge < -0.3 is 5.11 Å².